The zero-order chi connectivity index (χ0) is 32.4. The van der Waals surface area contributed by atoms with E-state index in [4.69, 9.17) is 35.9 Å². The van der Waals surface area contributed by atoms with Crippen LogP contribution in [0.5, 0.6) is 11.5 Å². The Balaban J connectivity index is 1.57. The highest BCUT2D eigenvalue weighted by Crippen LogP contribution is 2.44. The quantitative estimate of drug-likeness (QED) is 0.0479. The second-order valence-electron chi connectivity index (χ2n) is 10.5. The summed E-state index contributed by atoms with van der Waals surface area (Å²) in [6, 6.07) is 28.8. The minimum absolute atomic E-state index is 0.0370. The molecule has 1 amide bonds. The highest BCUT2D eigenvalue weighted by molar-refractivity contribution is 6.30. The Morgan fingerprint density at radius 3 is 2.63 bits per heavy atom. The van der Waals surface area contributed by atoms with Crippen LogP contribution in [0.4, 0.5) is 5.69 Å². The van der Waals surface area contributed by atoms with Crippen molar-refractivity contribution in [1.29, 1.82) is 0 Å². The first kappa shape index (κ1) is 32.3. The van der Waals surface area contributed by atoms with E-state index in [1.807, 2.05) is 36.4 Å². The van der Waals surface area contributed by atoms with Crippen molar-refractivity contribution in [1.82, 2.24) is 10.9 Å². The summed E-state index contributed by atoms with van der Waals surface area (Å²) < 4.78 is 17.8. The average Bonchev–Trinajstić information content (AvgIpc) is 3.47. The lowest BCUT2D eigenvalue weighted by atomic mass is 9.81. The Labute approximate surface area is 271 Å². The van der Waals surface area contributed by atoms with E-state index >= 15 is 0 Å². The number of carbonyl (C=O) groups excluding carboxylic acids is 1. The third-order valence-corrected chi connectivity index (χ3v) is 7.65. The fourth-order valence-corrected chi connectivity index (χ4v) is 5.38. The molecule has 2 atom stereocenters. The number of halogens is 1. The molecule has 0 aliphatic carbocycles. The number of hydrogen-bond donors (Lipinski definition) is 3. The molecule has 236 valence electrons. The van der Waals surface area contributed by atoms with Gasteiger partial charge < -0.3 is 19.3 Å². The van der Waals surface area contributed by atoms with Crippen molar-refractivity contribution in [3.8, 4) is 11.5 Å². The number of rotatable bonds is 14. The molecule has 12 heteroatoms. The number of azide groups is 1. The fraction of sp³-hybridized carbons (Fsp3) is 0.235. The minimum atomic E-state index is -1.56. The van der Waals surface area contributed by atoms with Gasteiger partial charge in [0.05, 0.1) is 13.7 Å². The first-order valence-electron chi connectivity index (χ1n) is 14.6. The van der Waals surface area contributed by atoms with Crippen LogP contribution in [0.1, 0.15) is 34.8 Å². The molecular weight excluding hydrogens is 608 g/mol. The van der Waals surface area contributed by atoms with Gasteiger partial charge in [-0.2, -0.15) is 0 Å². The van der Waals surface area contributed by atoms with E-state index in [2.05, 4.69) is 20.9 Å². The van der Waals surface area contributed by atoms with Crippen LogP contribution in [0.2, 0.25) is 5.02 Å². The van der Waals surface area contributed by atoms with Crippen molar-refractivity contribution in [3.05, 3.63) is 135 Å². The lowest BCUT2D eigenvalue weighted by Crippen LogP contribution is -2.53. The number of aliphatic imine (C=N–C) groups is 1. The second kappa shape index (κ2) is 15.3. The molecule has 5 rings (SSSR count). The van der Waals surface area contributed by atoms with Crippen molar-refractivity contribution in [2.75, 3.05) is 20.3 Å². The fourth-order valence-electron chi connectivity index (χ4n) is 5.16. The van der Waals surface area contributed by atoms with Crippen molar-refractivity contribution in [2.45, 2.75) is 31.0 Å². The molecule has 0 radical (unpaired) electrons. The van der Waals surface area contributed by atoms with Gasteiger partial charge in [-0.3, -0.25) is 10.2 Å². The number of carbonyl (C=O) groups is 1. The van der Waals surface area contributed by atoms with Gasteiger partial charge in [0.15, 0.2) is 11.6 Å². The number of nitrogens with zero attached hydrogens (tertiary/aromatic N) is 4. The van der Waals surface area contributed by atoms with Gasteiger partial charge in [-0.1, -0.05) is 65.2 Å². The number of amides is 1. The van der Waals surface area contributed by atoms with E-state index in [0.29, 0.717) is 58.5 Å². The second-order valence-corrected chi connectivity index (χ2v) is 10.9. The minimum Gasteiger partial charge on any atom is -0.497 e. The number of aliphatic hydroxyl groups excluding tert-OH is 1. The lowest BCUT2D eigenvalue weighted by molar-refractivity contribution is -0.130. The van der Waals surface area contributed by atoms with E-state index in [1.54, 1.807) is 67.8 Å². The molecular formula is C34H33ClN6O5. The molecule has 3 N–H and O–H groups in total. The SMILES string of the molecule is COc1cccc([C@@H]2OC(c3ccc(OCCCO)cc3)=N[C@]2(Cc2ccccc2N=[N+]=[N-])C(=O)NNCc2cccc(Cl)c2)c1. The van der Waals surface area contributed by atoms with Crippen molar-refractivity contribution in [3.63, 3.8) is 0 Å². The topological polar surface area (TPSA) is 150 Å². The number of benzene rings is 4. The molecule has 0 saturated heterocycles. The van der Waals surface area contributed by atoms with Crippen molar-refractivity contribution in [2.24, 2.45) is 10.1 Å². The Bertz CT molecular complexity index is 1740. The Morgan fingerprint density at radius 1 is 1.07 bits per heavy atom. The number of hydrogen-bond acceptors (Lipinski definition) is 8. The lowest BCUT2D eigenvalue weighted by Gasteiger charge is -2.31. The van der Waals surface area contributed by atoms with E-state index in [-0.39, 0.29) is 18.9 Å². The molecule has 1 aliphatic heterocycles. The van der Waals surface area contributed by atoms with Gasteiger partial charge in [0.2, 0.25) is 5.90 Å². The largest absolute Gasteiger partial charge is 0.497 e. The summed E-state index contributed by atoms with van der Waals surface area (Å²) in [6.07, 6.45) is -0.342. The van der Waals surface area contributed by atoms with Gasteiger partial charge in [0, 0.05) is 47.2 Å². The maximum absolute atomic E-state index is 14.5. The molecule has 0 unspecified atom stereocenters. The van der Waals surface area contributed by atoms with E-state index in [1.165, 1.54) is 0 Å². The molecule has 4 aromatic rings. The van der Waals surface area contributed by atoms with Gasteiger partial charge in [0.1, 0.15) is 11.5 Å². The normalized spacial score (nSPS) is 16.9. The Kier molecular flexibility index (Phi) is 10.7. The van der Waals surface area contributed by atoms with E-state index in [0.717, 1.165) is 5.56 Å². The maximum Gasteiger partial charge on any atom is 0.266 e. The van der Waals surface area contributed by atoms with Gasteiger partial charge >= 0.3 is 0 Å². The van der Waals surface area contributed by atoms with Gasteiger partial charge in [-0.25, -0.2) is 10.4 Å². The molecule has 1 aliphatic rings. The summed E-state index contributed by atoms with van der Waals surface area (Å²) in [6.45, 7) is 0.716. The molecule has 11 nitrogen and oxygen atoms in total. The van der Waals surface area contributed by atoms with Crippen LogP contribution in [0.15, 0.2) is 107 Å². The Morgan fingerprint density at radius 2 is 1.87 bits per heavy atom. The highest BCUT2D eigenvalue weighted by atomic mass is 35.5. The van der Waals surface area contributed by atoms with Gasteiger partial charge in [0.25, 0.3) is 5.91 Å². The van der Waals surface area contributed by atoms with E-state index < -0.39 is 17.6 Å². The van der Waals surface area contributed by atoms with Crippen LogP contribution in [0.25, 0.3) is 10.4 Å². The first-order chi connectivity index (χ1) is 22.5. The van der Waals surface area contributed by atoms with Crippen LogP contribution in [-0.4, -0.2) is 42.8 Å². The van der Waals surface area contributed by atoms with Crippen LogP contribution < -0.4 is 20.3 Å². The van der Waals surface area contributed by atoms with Crippen molar-refractivity contribution < 1.29 is 24.1 Å². The summed E-state index contributed by atoms with van der Waals surface area (Å²) in [5.74, 6) is 0.998. The number of ether oxygens (including phenoxy) is 3. The van der Waals surface area contributed by atoms with Crippen LogP contribution >= 0.6 is 11.6 Å². The van der Waals surface area contributed by atoms with Gasteiger partial charge in [-0.05, 0) is 70.8 Å². The first-order valence-corrected chi connectivity index (χ1v) is 15.0. The Hall–Kier alpha value is -5.06. The number of methoxy groups -OCH3 is 1. The average molecular weight is 641 g/mol. The molecule has 4 aromatic carbocycles. The standard InChI is InChI=1S/C34H33ClN6O5/c1-44-29-11-5-9-25(20-29)31-34(21-26-8-2-3-12-30(26)39-41-36,33(43)40-37-22-23-7-4-10-27(35)19-23)38-32(46-31)24-13-15-28(16-14-24)45-18-6-17-42/h2-5,7-16,19-20,31,37,42H,6,17-18,21-22H2,1H3,(H,40,43)/t31-,34-/m0/s1. The van der Waals surface area contributed by atoms with Crippen LogP contribution in [-0.2, 0) is 22.5 Å². The molecule has 0 aromatic heterocycles. The summed E-state index contributed by atoms with van der Waals surface area (Å²) in [5, 5.41) is 13.5. The van der Waals surface area contributed by atoms with Crippen LogP contribution in [0, 0.1) is 0 Å². The molecule has 1 heterocycles. The van der Waals surface area contributed by atoms with E-state index in [9.17, 15) is 10.3 Å². The summed E-state index contributed by atoms with van der Waals surface area (Å²) in [7, 11) is 1.57. The number of aliphatic hydroxyl groups is 1. The number of hydrazine groups is 1. The van der Waals surface area contributed by atoms with Crippen LogP contribution in [0.3, 0.4) is 0 Å². The zero-order valence-corrected chi connectivity index (χ0v) is 25.9. The predicted molar refractivity (Wildman–Crippen MR) is 175 cm³/mol. The van der Waals surface area contributed by atoms with Gasteiger partial charge in [-0.15, -0.1) is 0 Å². The predicted octanol–water partition coefficient (Wildman–Crippen LogP) is 6.37. The molecule has 0 fully saturated rings. The van der Waals surface area contributed by atoms with Crippen molar-refractivity contribution >= 4 is 29.1 Å². The number of nitrogens with one attached hydrogen (secondary N) is 2. The third-order valence-electron chi connectivity index (χ3n) is 7.41. The summed E-state index contributed by atoms with van der Waals surface area (Å²) in [4.78, 5) is 22.5. The molecule has 46 heavy (non-hydrogen) atoms. The molecule has 0 bridgehead atoms. The molecule has 0 saturated carbocycles. The third kappa shape index (κ3) is 7.59. The maximum atomic E-state index is 14.5. The molecule has 0 spiro atoms. The smallest absolute Gasteiger partial charge is 0.266 e. The highest BCUT2D eigenvalue weighted by Gasteiger charge is 2.53. The monoisotopic (exact) mass is 640 g/mol. The summed E-state index contributed by atoms with van der Waals surface area (Å²) in [5.41, 5.74) is 16.7. The zero-order valence-electron chi connectivity index (χ0n) is 25.1. The summed E-state index contributed by atoms with van der Waals surface area (Å²) >= 11 is 6.16.